The van der Waals surface area contributed by atoms with Gasteiger partial charge < -0.3 is 9.84 Å². The SMILES string of the molecule is CC(c1nc(CNC2CC2)no1)S(C)(=O)=O. The lowest BCUT2D eigenvalue weighted by Crippen LogP contribution is -2.16. The second-order valence-corrected chi connectivity index (χ2v) is 6.54. The summed E-state index contributed by atoms with van der Waals surface area (Å²) in [6.45, 7) is 2.07. The van der Waals surface area contributed by atoms with Crippen molar-refractivity contribution in [2.45, 2.75) is 37.6 Å². The summed E-state index contributed by atoms with van der Waals surface area (Å²) >= 11 is 0. The largest absolute Gasteiger partial charge is 0.338 e. The van der Waals surface area contributed by atoms with Gasteiger partial charge in [0.05, 0.1) is 6.54 Å². The summed E-state index contributed by atoms with van der Waals surface area (Å²) in [6.07, 6.45) is 3.53. The minimum absolute atomic E-state index is 0.162. The Hall–Kier alpha value is -0.950. The second-order valence-electron chi connectivity index (χ2n) is 4.18. The van der Waals surface area contributed by atoms with Gasteiger partial charge in [-0.1, -0.05) is 5.16 Å². The van der Waals surface area contributed by atoms with Gasteiger partial charge in [0, 0.05) is 12.3 Å². The molecule has 0 aliphatic heterocycles. The summed E-state index contributed by atoms with van der Waals surface area (Å²) < 4.78 is 27.5. The van der Waals surface area contributed by atoms with E-state index in [-0.39, 0.29) is 5.89 Å². The van der Waals surface area contributed by atoms with Crippen molar-refractivity contribution in [2.24, 2.45) is 0 Å². The number of hydrogen-bond donors (Lipinski definition) is 1. The van der Waals surface area contributed by atoms with Crippen molar-refractivity contribution < 1.29 is 12.9 Å². The number of nitrogens with one attached hydrogen (secondary N) is 1. The first-order chi connectivity index (χ1) is 7.47. The van der Waals surface area contributed by atoms with E-state index >= 15 is 0 Å². The van der Waals surface area contributed by atoms with Crippen LogP contribution in [0, 0.1) is 0 Å². The first-order valence-corrected chi connectivity index (χ1v) is 7.17. The van der Waals surface area contributed by atoms with Gasteiger partial charge in [0.25, 0.3) is 0 Å². The molecular weight excluding hydrogens is 230 g/mol. The van der Waals surface area contributed by atoms with Crippen LogP contribution in [0.4, 0.5) is 0 Å². The van der Waals surface area contributed by atoms with Crippen molar-refractivity contribution >= 4 is 9.84 Å². The zero-order chi connectivity index (χ0) is 11.8. The Labute approximate surface area is 94.3 Å². The van der Waals surface area contributed by atoms with Crippen LogP contribution in [0.5, 0.6) is 0 Å². The summed E-state index contributed by atoms with van der Waals surface area (Å²) in [4.78, 5) is 4.06. The van der Waals surface area contributed by atoms with Crippen LogP contribution in [0.1, 0.15) is 36.7 Å². The zero-order valence-electron chi connectivity index (χ0n) is 9.30. The molecule has 16 heavy (non-hydrogen) atoms. The van der Waals surface area contributed by atoms with Crippen LogP contribution in [0.3, 0.4) is 0 Å². The molecular formula is C9H15N3O3S. The van der Waals surface area contributed by atoms with Crippen LogP contribution in [0.15, 0.2) is 4.52 Å². The van der Waals surface area contributed by atoms with E-state index in [1.165, 1.54) is 12.8 Å². The molecule has 7 heteroatoms. The van der Waals surface area contributed by atoms with Crippen molar-refractivity contribution in [3.8, 4) is 0 Å². The highest BCUT2D eigenvalue weighted by atomic mass is 32.2. The first-order valence-electron chi connectivity index (χ1n) is 5.21. The molecule has 1 atom stereocenters. The Kier molecular flexibility index (Phi) is 2.98. The topological polar surface area (TPSA) is 85.1 Å². The molecule has 0 bridgehead atoms. The van der Waals surface area contributed by atoms with Crippen molar-refractivity contribution in [3.05, 3.63) is 11.7 Å². The molecule has 0 spiro atoms. The number of sulfone groups is 1. The molecule has 1 fully saturated rings. The molecule has 1 heterocycles. The maximum atomic E-state index is 11.3. The molecule has 6 nitrogen and oxygen atoms in total. The molecule has 90 valence electrons. The maximum Gasteiger partial charge on any atom is 0.244 e. The summed E-state index contributed by atoms with van der Waals surface area (Å²) in [6, 6.07) is 0.564. The Bertz CT molecular complexity index is 464. The van der Waals surface area contributed by atoms with Crippen molar-refractivity contribution in [1.29, 1.82) is 0 Å². The second kappa shape index (κ2) is 4.14. The molecule has 1 N–H and O–H groups in total. The van der Waals surface area contributed by atoms with Gasteiger partial charge in [-0.05, 0) is 19.8 Å². The van der Waals surface area contributed by atoms with E-state index in [2.05, 4.69) is 15.5 Å². The highest BCUT2D eigenvalue weighted by Crippen LogP contribution is 2.20. The van der Waals surface area contributed by atoms with Gasteiger partial charge in [-0.2, -0.15) is 4.98 Å². The molecule has 1 aromatic rings. The summed E-state index contributed by atoms with van der Waals surface area (Å²) in [5.74, 6) is 0.674. The van der Waals surface area contributed by atoms with Crippen LogP contribution < -0.4 is 5.32 Å². The smallest absolute Gasteiger partial charge is 0.244 e. The van der Waals surface area contributed by atoms with Gasteiger partial charge in [0.1, 0.15) is 5.25 Å². The molecule has 1 unspecified atom stereocenters. The average molecular weight is 245 g/mol. The van der Waals surface area contributed by atoms with Crippen molar-refractivity contribution in [3.63, 3.8) is 0 Å². The third-order valence-electron chi connectivity index (χ3n) is 2.60. The molecule has 0 radical (unpaired) electrons. The fraction of sp³-hybridized carbons (Fsp3) is 0.778. The van der Waals surface area contributed by atoms with Crippen LogP contribution >= 0.6 is 0 Å². The Morgan fingerprint density at radius 3 is 2.81 bits per heavy atom. The van der Waals surface area contributed by atoms with E-state index in [1.807, 2.05) is 0 Å². The van der Waals surface area contributed by atoms with Gasteiger partial charge >= 0.3 is 0 Å². The third-order valence-corrected chi connectivity index (χ3v) is 4.09. The highest BCUT2D eigenvalue weighted by molar-refractivity contribution is 7.90. The van der Waals surface area contributed by atoms with Gasteiger partial charge in [-0.15, -0.1) is 0 Å². The van der Waals surface area contributed by atoms with Crippen molar-refractivity contribution in [2.75, 3.05) is 6.26 Å². The molecule has 2 rings (SSSR count). The molecule has 0 amide bonds. The van der Waals surface area contributed by atoms with Crippen LogP contribution in [-0.2, 0) is 16.4 Å². The zero-order valence-corrected chi connectivity index (χ0v) is 10.1. The Balaban J connectivity index is 2.00. The Morgan fingerprint density at radius 1 is 1.56 bits per heavy atom. The first kappa shape index (κ1) is 11.5. The predicted octanol–water partition coefficient (Wildman–Crippen LogP) is 0.427. The molecule has 0 aromatic carbocycles. The number of aromatic nitrogens is 2. The van der Waals surface area contributed by atoms with Crippen molar-refractivity contribution in [1.82, 2.24) is 15.5 Å². The van der Waals surface area contributed by atoms with Gasteiger partial charge in [-0.3, -0.25) is 0 Å². The molecule has 1 aliphatic rings. The summed E-state index contributed by atoms with van der Waals surface area (Å²) in [5.41, 5.74) is 0. The van der Waals surface area contributed by atoms with E-state index in [1.54, 1.807) is 6.92 Å². The lowest BCUT2D eigenvalue weighted by atomic mass is 10.5. The van der Waals surface area contributed by atoms with Crippen LogP contribution in [-0.4, -0.2) is 30.9 Å². The molecule has 1 aliphatic carbocycles. The quantitative estimate of drug-likeness (QED) is 0.809. The van der Waals surface area contributed by atoms with Gasteiger partial charge in [0.2, 0.25) is 5.89 Å². The van der Waals surface area contributed by atoms with E-state index in [0.717, 1.165) is 6.26 Å². The molecule has 0 saturated heterocycles. The van der Waals surface area contributed by atoms with Gasteiger partial charge in [-0.25, -0.2) is 8.42 Å². The molecule has 1 saturated carbocycles. The summed E-state index contributed by atoms with van der Waals surface area (Å²) in [7, 11) is -3.18. The van der Waals surface area contributed by atoms with E-state index in [4.69, 9.17) is 4.52 Å². The van der Waals surface area contributed by atoms with Gasteiger partial charge in [0.15, 0.2) is 15.7 Å². The average Bonchev–Trinajstić information content (AvgIpc) is 2.91. The number of nitrogens with zero attached hydrogens (tertiary/aromatic N) is 2. The normalized spacial score (nSPS) is 18.6. The minimum atomic E-state index is -3.18. The number of hydrogen-bond acceptors (Lipinski definition) is 6. The van der Waals surface area contributed by atoms with Crippen LogP contribution in [0.25, 0.3) is 0 Å². The standard InChI is InChI=1S/C9H15N3O3S/c1-6(16(2,13)14)9-11-8(12-15-9)5-10-7-3-4-7/h6-7,10H,3-5H2,1-2H3. The maximum absolute atomic E-state index is 11.3. The lowest BCUT2D eigenvalue weighted by Gasteiger charge is -2.01. The minimum Gasteiger partial charge on any atom is -0.338 e. The van der Waals surface area contributed by atoms with E-state index < -0.39 is 15.1 Å². The van der Waals surface area contributed by atoms with E-state index in [0.29, 0.717) is 18.4 Å². The Morgan fingerprint density at radius 2 is 2.25 bits per heavy atom. The monoisotopic (exact) mass is 245 g/mol. The van der Waals surface area contributed by atoms with E-state index in [9.17, 15) is 8.42 Å². The highest BCUT2D eigenvalue weighted by Gasteiger charge is 2.25. The lowest BCUT2D eigenvalue weighted by molar-refractivity contribution is 0.370. The fourth-order valence-electron chi connectivity index (χ4n) is 1.21. The molecule has 1 aromatic heterocycles. The fourth-order valence-corrected chi connectivity index (χ4v) is 1.67. The number of rotatable bonds is 5. The third kappa shape index (κ3) is 2.79. The summed E-state index contributed by atoms with van der Waals surface area (Å²) in [5, 5.41) is 6.23. The predicted molar refractivity (Wildman–Crippen MR) is 57.4 cm³/mol. The van der Waals surface area contributed by atoms with Crippen LogP contribution in [0.2, 0.25) is 0 Å².